The van der Waals surface area contributed by atoms with E-state index in [1.807, 2.05) is 0 Å². The third-order valence-electron chi connectivity index (χ3n) is 3.37. The summed E-state index contributed by atoms with van der Waals surface area (Å²) < 4.78 is 13.2. The monoisotopic (exact) mass is 253 g/mol. The van der Waals surface area contributed by atoms with Gasteiger partial charge in [0, 0.05) is 18.2 Å². The zero-order chi connectivity index (χ0) is 13.3. The molecule has 5 heteroatoms. The SMILES string of the molecule is CC(F)c1ccc(O)c(C2CC(C(=O)O)CN2)c1. The molecular formula is C13H16FNO3. The van der Waals surface area contributed by atoms with Crippen LogP contribution in [0.1, 0.15) is 36.7 Å². The molecule has 0 bridgehead atoms. The van der Waals surface area contributed by atoms with E-state index in [1.165, 1.54) is 19.1 Å². The molecule has 1 saturated heterocycles. The molecule has 1 aliphatic rings. The molecule has 1 fully saturated rings. The third-order valence-corrected chi connectivity index (χ3v) is 3.37. The van der Waals surface area contributed by atoms with Gasteiger partial charge in [-0.15, -0.1) is 0 Å². The van der Waals surface area contributed by atoms with Gasteiger partial charge in [-0.2, -0.15) is 0 Å². The quantitative estimate of drug-likeness (QED) is 0.772. The first kappa shape index (κ1) is 12.8. The molecule has 0 spiro atoms. The Morgan fingerprint density at radius 1 is 1.56 bits per heavy atom. The highest BCUT2D eigenvalue weighted by molar-refractivity contribution is 5.71. The minimum absolute atomic E-state index is 0.0722. The normalized spacial score (nSPS) is 25.0. The van der Waals surface area contributed by atoms with Crippen molar-refractivity contribution in [2.24, 2.45) is 5.92 Å². The maximum absolute atomic E-state index is 13.2. The molecule has 1 aromatic carbocycles. The van der Waals surface area contributed by atoms with Gasteiger partial charge in [0.15, 0.2) is 0 Å². The predicted octanol–water partition coefficient (Wildman–Crippen LogP) is 2.16. The number of hydrogen-bond acceptors (Lipinski definition) is 3. The summed E-state index contributed by atoms with van der Waals surface area (Å²) >= 11 is 0. The van der Waals surface area contributed by atoms with Crippen molar-refractivity contribution >= 4 is 5.97 Å². The first-order valence-electron chi connectivity index (χ1n) is 5.92. The van der Waals surface area contributed by atoms with E-state index < -0.39 is 18.1 Å². The summed E-state index contributed by atoms with van der Waals surface area (Å²) in [5.74, 6) is -1.23. The van der Waals surface area contributed by atoms with Crippen LogP contribution in [0.3, 0.4) is 0 Å². The molecule has 3 unspecified atom stereocenters. The van der Waals surface area contributed by atoms with Crippen molar-refractivity contribution < 1.29 is 19.4 Å². The van der Waals surface area contributed by atoms with Crippen molar-refractivity contribution in [3.63, 3.8) is 0 Å². The number of carbonyl (C=O) groups is 1. The Kier molecular flexibility index (Phi) is 3.52. The van der Waals surface area contributed by atoms with Crippen LogP contribution >= 0.6 is 0 Å². The predicted molar refractivity (Wildman–Crippen MR) is 64.1 cm³/mol. The average Bonchev–Trinajstić information content (AvgIpc) is 2.78. The maximum atomic E-state index is 13.2. The zero-order valence-corrected chi connectivity index (χ0v) is 10.1. The molecule has 98 valence electrons. The van der Waals surface area contributed by atoms with E-state index in [-0.39, 0.29) is 11.8 Å². The number of rotatable bonds is 3. The number of halogens is 1. The number of aliphatic carboxylic acids is 1. The van der Waals surface area contributed by atoms with E-state index in [4.69, 9.17) is 5.11 Å². The molecule has 4 nitrogen and oxygen atoms in total. The summed E-state index contributed by atoms with van der Waals surface area (Å²) in [6.45, 7) is 1.80. The van der Waals surface area contributed by atoms with Crippen molar-refractivity contribution in [1.82, 2.24) is 5.32 Å². The van der Waals surface area contributed by atoms with Crippen LogP contribution < -0.4 is 5.32 Å². The van der Waals surface area contributed by atoms with E-state index in [0.29, 0.717) is 24.1 Å². The fraction of sp³-hybridized carbons (Fsp3) is 0.462. The average molecular weight is 253 g/mol. The number of phenolic OH excluding ortho intramolecular Hbond substituents is 1. The lowest BCUT2D eigenvalue weighted by Gasteiger charge is -2.14. The molecule has 1 aromatic rings. The highest BCUT2D eigenvalue weighted by Gasteiger charge is 2.31. The molecule has 1 heterocycles. The Balaban J connectivity index is 2.23. The van der Waals surface area contributed by atoms with Crippen molar-refractivity contribution in [1.29, 1.82) is 0 Å². The van der Waals surface area contributed by atoms with Gasteiger partial charge < -0.3 is 15.5 Å². The van der Waals surface area contributed by atoms with Gasteiger partial charge in [0.25, 0.3) is 0 Å². The first-order chi connectivity index (χ1) is 8.49. The van der Waals surface area contributed by atoms with Crippen LogP contribution in [0.25, 0.3) is 0 Å². The number of aromatic hydroxyl groups is 1. The fourth-order valence-electron chi connectivity index (χ4n) is 2.26. The minimum atomic E-state index is -1.11. The molecule has 0 saturated carbocycles. The van der Waals surface area contributed by atoms with Crippen LogP contribution in [-0.4, -0.2) is 22.7 Å². The summed E-state index contributed by atoms with van der Waals surface area (Å²) in [7, 11) is 0. The van der Waals surface area contributed by atoms with Gasteiger partial charge in [-0.1, -0.05) is 6.07 Å². The number of hydrogen-bond donors (Lipinski definition) is 3. The van der Waals surface area contributed by atoms with Gasteiger partial charge in [0.1, 0.15) is 11.9 Å². The lowest BCUT2D eigenvalue weighted by molar-refractivity contribution is -0.141. The maximum Gasteiger partial charge on any atom is 0.307 e. The van der Waals surface area contributed by atoms with Gasteiger partial charge in [0.2, 0.25) is 0 Å². The number of carboxylic acid groups (broad SMARTS) is 1. The Morgan fingerprint density at radius 3 is 2.83 bits per heavy atom. The summed E-state index contributed by atoms with van der Waals surface area (Å²) in [5.41, 5.74) is 1.06. The van der Waals surface area contributed by atoms with Crippen LogP contribution in [0.15, 0.2) is 18.2 Å². The number of phenols is 1. The van der Waals surface area contributed by atoms with E-state index in [1.54, 1.807) is 6.07 Å². The van der Waals surface area contributed by atoms with Gasteiger partial charge in [0.05, 0.1) is 5.92 Å². The second-order valence-corrected chi connectivity index (χ2v) is 4.67. The van der Waals surface area contributed by atoms with Crippen molar-refractivity contribution in [2.75, 3.05) is 6.54 Å². The molecule has 3 atom stereocenters. The van der Waals surface area contributed by atoms with E-state index in [2.05, 4.69) is 5.32 Å². The van der Waals surface area contributed by atoms with E-state index in [9.17, 15) is 14.3 Å². The summed E-state index contributed by atoms with van der Waals surface area (Å²) in [6, 6.07) is 4.36. The molecular weight excluding hydrogens is 237 g/mol. The van der Waals surface area contributed by atoms with E-state index >= 15 is 0 Å². The highest BCUT2D eigenvalue weighted by atomic mass is 19.1. The van der Waals surface area contributed by atoms with Crippen molar-refractivity contribution in [2.45, 2.75) is 25.6 Å². The Morgan fingerprint density at radius 2 is 2.28 bits per heavy atom. The summed E-state index contributed by atoms with van der Waals surface area (Å²) in [6.07, 6.45) is -0.700. The smallest absolute Gasteiger partial charge is 0.307 e. The lowest BCUT2D eigenvalue weighted by atomic mass is 9.97. The third kappa shape index (κ3) is 2.46. The number of carboxylic acids is 1. The molecule has 0 aliphatic carbocycles. The van der Waals surface area contributed by atoms with Gasteiger partial charge in [-0.05, 0) is 31.0 Å². The van der Waals surface area contributed by atoms with Gasteiger partial charge >= 0.3 is 5.97 Å². The zero-order valence-electron chi connectivity index (χ0n) is 10.1. The van der Waals surface area contributed by atoms with E-state index in [0.717, 1.165) is 0 Å². The number of nitrogens with one attached hydrogen (secondary N) is 1. The number of alkyl halides is 1. The van der Waals surface area contributed by atoms with Crippen LogP contribution in [-0.2, 0) is 4.79 Å². The van der Waals surface area contributed by atoms with Gasteiger partial charge in [-0.25, -0.2) is 4.39 Å². The first-order valence-corrected chi connectivity index (χ1v) is 5.92. The Labute approximate surface area is 104 Å². The molecule has 3 N–H and O–H groups in total. The molecule has 2 rings (SSSR count). The molecule has 18 heavy (non-hydrogen) atoms. The second-order valence-electron chi connectivity index (χ2n) is 4.67. The van der Waals surface area contributed by atoms with Gasteiger partial charge in [-0.3, -0.25) is 4.79 Å². The van der Waals surface area contributed by atoms with Crippen molar-refractivity contribution in [3.05, 3.63) is 29.3 Å². The largest absolute Gasteiger partial charge is 0.508 e. The molecule has 0 amide bonds. The highest BCUT2D eigenvalue weighted by Crippen LogP contribution is 2.34. The molecule has 1 aliphatic heterocycles. The standard InChI is InChI=1S/C13H16FNO3/c1-7(14)8-2-3-12(16)10(4-8)11-5-9(6-15-11)13(17)18/h2-4,7,9,11,15-16H,5-6H2,1H3,(H,17,18). The molecule has 0 radical (unpaired) electrons. The van der Waals surface area contributed by atoms with Crippen LogP contribution in [0.4, 0.5) is 4.39 Å². The number of benzene rings is 1. The fourth-order valence-corrected chi connectivity index (χ4v) is 2.26. The summed E-state index contributed by atoms with van der Waals surface area (Å²) in [4.78, 5) is 10.9. The Hall–Kier alpha value is -1.62. The summed E-state index contributed by atoms with van der Waals surface area (Å²) in [5, 5.41) is 21.8. The van der Waals surface area contributed by atoms with Crippen LogP contribution in [0, 0.1) is 5.92 Å². The van der Waals surface area contributed by atoms with Crippen LogP contribution in [0.5, 0.6) is 5.75 Å². The Bertz CT molecular complexity index is 462. The topological polar surface area (TPSA) is 69.6 Å². The van der Waals surface area contributed by atoms with Crippen molar-refractivity contribution in [3.8, 4) is 5.75 Å². The second kappa shape index (κ2) is 4.94. The molecule has 0 aromatic heterocycles. The minimum Gasteiger partial charge on any atom is -0.508 e. The lowest BCUT2D eigenvalue weighted by Crippen LogP contribution is -2.17. The van der Waals surface area contributed by atoms with Crippen LogP contribution in [0.2, 0.25) is 0 Å².